The number of fused-ring (bicyclic) bond motifs is 2. The average molecular weight is 490 g/mol. The maximum atomic E-state index is 14.0. The average Bonchev–Trinajstić information content (AvgIpc) is 3.22. The molecule has 1 spiro atoms. The molecule has 1 fully saturated rings. The van der Waals surface area contributed by atoms with Gasteiger partial charge in [0.05, 0.1) is 18.0 Å². The molecule has 4 nitrogen and oxygen atoms in total. The smallest absolute Gasteiger partial charge is 0.269 e. The molecule has 156 valence electrons. The first kappa shape index (κ1) is 20.7. The number of nitrogens with zero attached hydrogens (tertiary/aromatic N) is 2. The van der Waals surface area contributed by atoms with E-state index in [1.54, 1.807) is 52.3 Å². The van der Waals surface area contributed by atoms with E-state index in [1.807, 2.05) is 24.3 Å². The number of hydrogen-bond acceptors (Lipinski definition) is 3. The van der Waals surface area contributed by atoms with Gasteiger partial charge in [-0.25, -0.2) is 0 Å². The Labute approximate surface area is 198 Å². The summed E-state index contributed by atoms with van der Waals surface area (Å²) in [6, 6.07) is 19.8. The normalized spacial score (nSPS) is 20.1. The number of benzene rings is 3. The zero-order valence-electron chi connectivity index (χ0n) is 16.0. The molecule has 2 amide bonds. The van der Waals surface area contributed by atoms with E-state index in [-0.39, 0.29) is 24.1 Å². The molecule has 0 bridgehead atoms. The van der Waals surface area contributed by atoms with Crippen LogP contribution < -0.4 is 9.80 Å². The summed E-state index contributed by atoms with van der Waals surface area (Å²) in [6.45, 7) is 0.208. The number of carbonyl (C=O) groups excluding carboxylic acids is 2. The molecule has 0 aromatic heterocycles. The van der Waals surface area contributed by atoms with Gasteiger partial charge in [0.15, 0.2) is 0 Å². The molecule has 8 heteroatoms. The van der Waals surface area contributed by atoms with E-state index in [0.29, 0.717) is 26.3 Å². The van der Waals surface area contributed by atoms with Crippen LogP contribution in [0.3, 0.4) is 0 Å². The lowest BCUT2D eigenvalue weighted by atomic mass is 10.0. The van der Waals surface area contributed by atoms with Crippen molar-refractivity contribution in [1.82, 2.24) is 0 Å². The van der Waals surface area contributed by atoms with Gasteiger partial charge in [0, 0.05) is 31.9 Å². The van der Waals surface area contributed by atoms with Gasteiger partial charge in [-0.2, -0.15) is 0 Å². The standard InChI is InChI=1S/C23H15Cl3N2O2S/c24-14-8-10-15(11-9-14)28-21(29)13-31-23(28)17-4-1-2-7-20(17)27(22(23)30)12-16-18(25)5-3-6-19(16)26/h1-11H,12-13H2. The van der Waals surface area contributed by atoms with Crippen molar-refractivity contribution in [3.8, 4) is 0 Å². The van der Waals surface area contributed by atoms with Gasteiger partial charge in [-0.05, 0) is 42.5 Å². The first-order valence-corrected chi connectivity index (χ1v) is 11.6. The van der Waals surface area contributed by atoms with E-state index in [2.05, 4.69) is 0 Å². The number of rotatable bonds is 3. The van der Waals surface area contributed by atoms with Crippen LogP contribution >= 0.6 is 46.6 Å². The van der Waals surface area contributed by atoms with Crippen LogP contribution in [0, 0.1) is 0 Å². The van der Waals surface area contributed by atoms with Crippen LogP contribution in [0.15, 0.2) is 66.7 Å². The second-order valence-electron chi connectivity index (χ2n) is 7.25. The maximum absolute atomic E-state index is 14.0. The minimum atomic E-state index is -1.19. The fraction of sp³-hybridized carbons (Fsp3) is 0.130. The molecule has 0 radical (unpaired) electrons. The highest BCUT2D eigenvalue weighted by Crippen LogP contribution is 2.56. The maximum Gasteiger partial charge on any atom is 0.269 e. The number of halogens is 3. The monoisotopic (exact) mass is 488 g/mol. The van der Waals surface area contributed by atoms with Gasteiger partial charge in [0.1, 0.15) is 0 Å². The van der Waals surface area contributed by atoms with Crippen molar-refractivity contribution in [3.63, 3.8) is 0 Å². The van der Waals surface area contributed by atoms with Crippen molar-refractivity contribution in [2.75, 3.05) is 15.6 Å². The molecule has 1 atom stereocenters. The highest BCUT2D eigenvalue weighted by Gasteiger charge is 2.61. The summed E-state index contributed by atoms with van der Waals surface area (Å²) in [4.78, 5) is 29.1. The van der Waals surface area contributed by atoms with Crippen molar-refractivity contribution >= 4 is 69.8 Å². The summed E-state index contributed by atoms with van der Waals surface area (Å²) in [6.07, 6.45) is 0. The van der Waals surface area contributed by atoms with Gasteiger partial charge in [-0.3, -0.25) is 14.5 Å². The lowest BCUT2D eigenvalue weighted by molar-refractivity contribution is -0.123. The van der Waals surface area contributed by atoms with Crippen LogP contribution in [0.1, 0.15) is 11.1 Å². The number of thioether (sulfide) groups is 1. The molecule has 0 saturated carbocycles. The lowest BCUT2D eigenvalue weighted by Gasteiger charge is -2.33. The van der Waals surface area contributed by atoms with Crippen molar-refractivity contribution in [2.45, 2.75) is 11.4 Å². The van der Waals surface area contributed by atoms with Crippen LogP contribution in [-0.4, -0.2) is 17.6 Å². The molecule has 0 N–H and O–H groups in total. The second-order valence-corrected chi connectivity index (χ2v) is 9.67. The predicted octanol–water partition coefficient (Wildman–Crippen LogP) is 6.13. The first-order chi connectivity index (χ1) is 14.9. The Kier molecular flexibility index (Phi) is 5.18. The van der Waals surface area contributed by atoms with E-state index >= 15 is 0 Å². The van der Waals surface area contributed by atoms with Crippen LogP contribution in [0.4, 0.5) is 11.4 Å². The minimum Gasteiger partial charge on any atom is -0.304 e. The van der Waals surface area contributed by atoms with Crippen molar-refractivity contribution < 1.29 is 9.59 Å². The molecule has 3 aromatic rings. The van der Waals surface area contributed by atoms with Gasteiger partial charge in [0.25, 0.3) is 5.91 Å². The predicted molar refractivity (Wildman–Crippen MR) is 127 cm³/mol. The van der Waals surface area contributed by atoms with Gasteiger partial charge in [-0.15, -0.1) is 11.8 Å². The Bertz CT molecular complexity index is 1200. The number of anilines is 2. The quantitative estimate of drug-likeness (QED) is 0.444. The molecule has 31 heavy (non-hydrogen) atoms. The third-order valence-electron chi connectivity index (χ3n) is 5.53. The number of para-hydroxylation sites is 1. The topological polar surface area (TPSA) is 40.6 Å². The molecule has 2 aliphatic heterocycles. The Balaban J connectivity index is 1.65. The number of carbonyl (C=O) groups is 2. The second kappa shape index (κ2) is 7.75. The third kappa shape index (κ3) is 3.14. The van der Waals surface area contributed by atoms with Crippen LogP contribution in [0.5, 0.6) is 0 Å². The Morgan fingerprint density at radius 2 is 1.55 bits per heavy atom. The highest BCUT2D eigenvalue weighted by molar-refractivity contribution is 8.02. The minimum absolute atomic E-state index is 0.131. The van der Waals surface area contributed by atoms with Gasteiger partial charge < -0.3 is 4.90 Å². The van der Waals surface area contributed by atoms with Crippen LogP contribution in [0.25, 0.3) is 0 Å². The molecule has 2 aliphatic rings. The van der Waals surface area contributed by atoms with E-state index in [9.17, 15) is 9.59 Å². The largest absolute Gasteiger partial charge is 0.304 e. The van der Waals surface area contributed by atoms with Gasteiger partial charge in [-0.1, -0.05) is 59.1 Å². The number of amides is 2. The third-order valence-corrected chi connectivity index (χ3v) is 7.87. The summed E-state index contributed by atoms with van der Waals surface area (Å²) < 4.78 is 0. The lowest BCUT2D eigenvalue weighted by Crippen LogP contribution is -2.49. The first-order valence-electron chi connectivity index (χ1n) is 9.50. The Hall–Kier alpha value is -2.18. The molecule has 1 unspecified atom stereocenters. The number of hydrogen-bond donors (Lipinski definition) is 0. The van der Waals surface area contributed by atoms with E-state index in [4.69, 9.17) is 34.8 Å². The fourth-order valence-corrected chi connectivity index (χ4v) is 6.15. The zero-order chi connectivity index (χ0) is 21.8. The molecule has 0 aliphatic carbocycles. The SMILES string of the molecule is O=C1CSC2(C(=O)N(Cc3c(Cl)cccc3Cl)c3ccccc32)N1c1ccc(Cl)cc1. The molecule has 1 saturated heterocycles. The van der Waals surface area contributed by atoms with Crippen LogP contribution in [-0.2, 0) is 21.0 Å². The van der Waals surface area contributed by atoms with E-state index < -0.39 is 4.87 Å². The Morgan fingerprint density at radius 1 is 0.871 bits per heavy atom. The van der Waals surface area contributed by atoms with Crippen molar-refractivity contribution in [2.24, 2.45) is 0 Å². The van der Waals surface area contributed by atoms with Crippen LogP contribution in [0.2, 0.25) is 15.1 Å². The fourth-order valence-electron chi connectivity index (χ4n) is 4.14. The summed E-state index contributed by atoms with van der Waals surface area (Å²) in [5, 5.41) is 1.54. The van der Waals surface area contributed by atoms with E-state index in [0.717, 1.165) is 11.3 Å². The zero-order valence-corrected chi connectivity index (χ0v) is 19.1. The summed E-state index contributed by atoms with van der Waals surface area (Å²) in [5.41, 5.74) is 2.80. The van der Waals surface area contributed by atoms with E-state index in [1.165, 1.54) is 11.8 Å². The molecule has 5 rings (SSSR count). The summed E-state index contributed by atoms with van der Waals surface area (Å²) in [7, 11) is 0. The summed E-state index contributed by atoms with van der Waals surface area (Å²) in [5.74, 6) is -0.132. The highest BCUT2D eigenvalue weighted by atomic mass is 35.5. The van der Waals surface area contributed by atoms with Crippen molar-refractivity contribution in [1.29, 1.82) is 0 Å². The summed E-state index contributed by atoms with van der Waals surface area (Å²) >= 11 is 20.2. The molecule has 3 aromatic carbocycles. The molecular formula is C23H15Cl3N2O2S. The van der Waals surface area contributed by atoms with Gasteiger partial charge in [0.2, 0.25) is 10.8 Å². The molecule has 2 heterocycles. The van der Waals surface area contributed by atoms with Gasteiger partial charge >= 0.3 is 0 Å². The van der Waals surface area contributed by atoms with Crippen molar-refractivity contribution in [3.05, 3.63) is 92.9 Å². The molecular weight excluding hydrogens is 475 g/mol. The Morgan fingerprint density at radius 3 is 2.26 bits per heavy atom.